The van der Waals surface area contributed by atoms with Gasteiger partial charge in [-0.2, -0.15) is 0 Å². The first kappa shape index (κ1) is 11.7. The molecule has 5 heteroatoms. The normalized spacial score (nSPS) is 10.8. The molecule has 0 unspecified atom stereocenters. The van der Waals surface area contributed by atoms with Crippen LogP contribution >= 0.6 is 0 Å². The predicted molar refractivity (Wildman–Crippen MR) is 61.3 cm³/mol. The maximum Gasteiger partial charge on any atom is 0.126 e. The van der Waals surface area contributed by atoms with E-state index in [1.807, 2.05) is 11.6 Å². The number of aromatic nitrogens is 2. The van der Waals surface area contributed by atoms with Gasteiger partial charge < -0.3 is 10.3 Å². The van der Waals surface area contributed by atoms with Crippen LogP contribution in [0.25, 0.3) is 11.3 Å². The van der Waals surface area contributed by atoms with Crippen molar-refractivity contribution in [3.05, 3.63) is 41.9 Å². The molecule has 17 heavy (non-hydrogen) atoms. The lowest BCUT2D eigenvalue weighted by atomic mass is 10.1. The van der Waals surface area contributed by atoms with Crippen LogP contribution in [0.1, 0.15) is 5.69 Å². The summed E-state index contributed by atoms with van der Waals surface area (Å²) in [6.45, 7) is 0.463. The minimum atomic E-state index is -0.607. The van der Waals surface area contributed by atoms with Crippen LogP contribution in [-0.4, -0.2) is 16.1 Å². The van der Waals surface area contributed by atoms with Gasteiger partial charge in [-0.1, -0.05) is 0 Å². The molecule has 0 aliphatic rings. The van der Waals surface area contributed by atoms with Gasteiger partial charge in [0.05, 0.1) is 12.0 Å². The molecular formula is C12H13F2N3. The van der Waals surface area contributed by atoms with Gasteiger partial charge in [0.15, 0.2) is 0 Å². The first-order chi connectivity index (χ1) is 8.11. The second-order valence-corrected chi connectivity index (χ2v) is 3.85. The predicted octanol–water partition coefficient (Wildman–Crippen LogP) is 1.87. The molecule has 0 bridgehead atoms. The Balaban J connectivity index is 2.52. The summed E-state index contributed by atoms with van der Waals surface area (Å²) in [4.78, 5) is 4.16. The highest BCUT2D eigenvalue weighted by Crippen LogP contribution is 2.23. The van der Waals surface area contributed by atoms with E-state index in [-0.39, 0.29) is 0 Å². The van der Waals surface area contributed by atoms with Gasteiger partial charge in [-0.15, -0.1) is 0 Å². The van der Waals surface area contributed by atoms with Crippen LogP contribution in [0.2, 0.25) is 0 Å². The van der Waals surface area contributed by atoms with Gasteiger partial charge in [-0.3, -0.25) is 0 Å². The Bertz CT molecular complexity index is 514. The quantitative estimate of drug-likeness (QED) is 0.885. The van der Waals surface area contributed by atoms with Crippen molar-refractivity contribution in [3.8, 4) is 11.3 Å². The van der Waals surface area contributed by atoms with E-state index in [9.17, 15) is 8.78 Å². The first-order valence-corrected chi connectivity index (χ1v) is 5.28. The van der Waals surface area contributed by atoms with Gasteiger partial charge >= 0.3 is 0 Å². The van der Waals surface area contributed by atoms with E-state index in [0.717, 1.165) is 11.8 Å². The molecule has 1 aromatic heterocycles. The molecule has 3 nitrogen and oxygen atoms in total. The van der Waals surface area contributed by atoms with Crippen LogP contribution in [0.5, 0.6) is 0 Å². The minimum Gasteiger partial charge on any atom is -0.337 e. The number of nitrogens with two attached hydrogens (primary N) is 1. The van der Waals surface area contributed by atoms with Crippen LogP contribution in [0.15, 0.2) is 24.5 Å². The third kappa shape index (κ3) is 2.34. The van der Waals surface area contributed by atoms with Crippen molar-refractivity contribution in [1.29, 1.82) is 0 Å². The molecule has 2 aromatic rings. The molecule has 90 valence electrons. The van der Waals surface area contributed by atoms with Crippen molar-refractivity contribution < 1.29 is 8.78 Å². The van der Waals surface area contributed by atoms with E-state index in [0.29, 0.717) is 24.2 Å². The molecule has 0 saturated heterocycles. The van der Waals surface area contributed by atoms with E-state index in [4.69, 9.17) is 5.73 Å². The smallest absolute Gasteiger partial charge is 0.126 e. The van der Waals surface area contributed by atoms with Gasteiger partial charge in [0.2, 0.25) is 0 Å². The highest BCUT2D eigenvalue weighted by molar-refractivity contribution is 5.62. The molecule has 0 radical (unpaired) electrons. The zero-order valence-electron chi connectivity index (χ0n) is 9.45. The molecule has 0 amide bonds. The number of benzene rings is 1. The molecule has 1 aromatic carbocycles. The number of hydrogen-bond acceptors (Lipinski definition) is 2. The molecule has 0 saturated carbocycles. The Morgan fingerprint density at radius 1 is 1.24 bits per heavy atom. The van der Waals surface area contributed by atoms with Crippen LogP contribution in [0.4, 0.5) is 8.78 Å². The van der Waals surface area contributed by atoms with E-state index >= 15 is 0 Å². The van der Waals surface area contributed by atoms with Gasteiger partial charge in [-0.25, -0.2) is 13.8 Å². The minimum absolute atomic E-state index is 0.437. The van der Waals surface area contributed by atoms with Gasteiger partial charge in [0.25, 0.3) is 0 Å². The Kier molecular flexibility index (Phi) is 3.19. The number of halogens is 2. The molecule has 2 rings (SSSR count). The Labute approximate surface area is 97.9 Å². The highest BCUT2D eigenvalue weighted by atomic mass is 19.1. The summed E-state index contributed by atoms with van der Waals surface area (Å²) in [5, 5.41) is 0. The molecule has 0 spiro atoms. The van der Waals surface area contributed by atoms with Crippen LogP contribution in [0.3, 0.4) is 0 Å². The zero-order valence-corrected chi connectivity index (χ0v) is 9.45. The maximum atomic E-state index is 13.1. The third-order valence-corrected chi connectivity index (χ3v) is 2.58. The number of rotatable bonds is 3. The van der Waals surface area contributed by atoms with Crippen molar-refractivity contribution in [2.24, 2.45) is 12.8 Å². The van der Waals surface area contributed by atoms with Crippen molar-refractivity contribution in [1.82, 2.24) is 9.55 Å². The fourth-order valence-electron chi connectivity index (χ4n) is 1.82. The van der Waals surface area contributed by atoms with Crippen LogP contribution in [0, 0.1) is 11.6 Å². The average molecular weight is 237 g/mol. The molecular weight excluding hydrogens is 224 g/mol. The van der Waals surface area contributed by atoms with Gasteiger partial charge in [-0.05, 0) is 18.7 Å². The summed E-state index contributed by atoms with van der Waals surface area (Å²) in [5.41, 5.74) is 7.40. The maximum absolute atomic E-state index is 13.1. The molecule has 1 heterocycles. The summed E-state index contributed by atoms with van der Waals surface area (Å²) < 4.78 is 28.1. The average Bonchev–Trinajstić information content (AvgIpc) is 2.60. The van der Waals surface area contributed by atoms with Crippen LogP contribution < -0.4 is 5.73 Å². The SMILES string of the molecule is Cn1cnc(-c2cc(F)cc(F)c2)c1CCN. The summed E-state index contributed by atoms with van der Waals surface area (Å²) in [6, 6.07) is 3.38. The van der Waals surface area contributed by atoms with E-state index in [1.165, 1.54) is 12.1 Å². The Morgan fingerprint density at radius 3 is 2.47 bits per heavy atom. The number of imidazole rings is 1. The standard InChI is InChI=1S/C12H13F2N3/c1-17-7-16-12(11(17)2-3-15)8-4-9(13)6-10(14)5-8/h4-7H,2-3,15H2,1H3. The topological polar surface area (TPSA) is 43.8 Å². The molecule has 2 N–H and O–H groups in total. The lowest BCUT2D eigenvalue weighted by Crippen LogP contribution is -2.07. The second-order valence-electron chi connectivity index (χ2n) is 3.85. The molecule has 0 aliphatic heterocycles. The first-order valence-electron chi connectivity index (χ1n) is 5.28. The molecule has 0 aliphatic carbocycles. The lowest BCUT2D eigenvalue weighted by molar-refractivity contribution is 0.584. The van der Waals surface area contributed by atoms with Crippen molar-refractivity contribution in [3.63, 3.8) is 0 Å². The van der Waals surface area contributed by atoms with Gasteiger partial charge in [0.1, 0.15) is 11.6 Å². The van der Waals surface area contributed by atoms with Crippen molar-refractivity contribution in [2.45, 2.75) is 6.42 Å². The van der Waals surface area contributed by atoms with E-state index in [2.05, 4.69) is 4.98 Å². The van der Waals surface area contributed by atoms with Gasteiger partial charge in [0, 0.05) is 30.8 Å². The number of hydrogen-bond donors (Lipinski definition) is 1. The highest BCUT2D eigenvalue weighted by Gasteiger charge is 2.12. The van der Waals surface area contributed by atoms with E-state index < -0.39 is 11.6 Å². The monoisotopic (exact) mass is 237 g/mol. The van der Waals surface area contributed by atoms with Crippen molar-refractivity contribution >= 4 is 0 Å². The fourth-order valence-corrected chi connectivity index (χ4v) is 1.82. The molecule has 0 fully saturated rings. The summed E-state index contributed by atoms with van der Waals surface area (Å²) in [6.07, 6.45) is 2.23. The second kappa shape index (κ2) is 4.63. The van der Waals surface area contributed by atoms with E-state index in [1.54, 1.807) is 6.33 Å². The summed E-state index contributed by atoms with van der Waals surface area (Å²) in [7, 11) is 1.83. The Morgan fingerprint density at radius 2 is 1.88 bits per heavy atom. The zero-order chi connectivity index (χ0) is 12.4. The Hall–Kier alpha value is -1.75. The third-order valence-electron chi connectivity index (χ3n) is 2.58. The largest absolute Gasteiger partial charge is 0.337 e. The number of aryl methyl sites for hydroxylation is 1. The van der Waals surface area contributed by atoms with Crippen LogP contribution in [-0.2, 0) is 13.5 Å². The summed E-state index contributed by atoms with van der Waals surface area (Å²) >= 11 is 0. The fraction of sp³-hybridized carbons (Fsp3) is 0.250. The van der Waals surface area contributed by atoms with Crippen molar-refractivity contribution in [2.75, 3.05) is 6.54 Å². The molecule has 0 atom stereocenters. The summed E-state index contributed by atoms with van der Waals surface area (Å²) in [5.74, 6) is -1.21. The lowest BCUT2D eigenvalue weighted by Gasteiger charge is -2.05. The number of nitrogens with zero attached hydrogens (tertiary/aromatic N) is 2.